The Hall–Kier alpha value is -8.46. The minimum Gasteiger partial charge on any atom is -0.309 e. The van der Waals surface area contributed by atoms with Crippen LogP contribution in [0.1, 0.15) is 0 Å². The maximum atomic E-state index is 2.47. The summed E-state index contributed by atoms with van der Waals surface area (Å²) in [6.45, 7) is 0. The molecular weight excluding hydrogens is 773 g/mol. The molecule has 0 saturated carbocycles. The molecule has 13 aromatic rings. The monoisotopic (exact) mass is 812 g/mol. The fourth-order valence-electron chi connectivity index (χ4n) is 10.5. The minimum absolute atomic E-state index is 1.16. The van der Waals surface area contributed by atoms with E-state index in [0.29, 0.717) is 0 Å². The highest BCUT2D eigenvalue weighted by Gasteiger charge is 2.20. The van der Waals surface area contributed by atoms with Gasteiger partial charge in [0.05, 0.1) is 22.1 Å². The molecule has 0 bridgehead atoms. The molecule has 0 spiro atoms. The van der Waals surface area contributed by atoms with Crippen LogP contribution in [0.25, 0.3) is 121 Å². The second-order valence-corrected chi connectivity index (χ2v) is 16.8. The zero-order chi connectivity index (χ0) is 42.1. The molecule has 0 N–H and O–H groups in total. The highest BCUT2D eigenvalue weighted by atomic mass is 15.0. The van der Waals surface area contributed by atoms with Crippen molar-refractivity contribution < 1.29 is 0 Å². The molecule has 0 fully saturated rings. The van der Waals surface area contributed by atoms with E-state index in [1.165, 1.54) is 110 Å². The number of nitrogens with zero attached hydrogens (tertiary/aromatic N) is 2. The van der Waals surface area contributed by atoms with Crippen LogP contribution in [0.2, 0.25) is 0 Å². The summed E-state index contributed by atoms with van der Waals surface area (Å²) >= 11 is 0. The Bertz CT molecular complexity index is 3720. The molecule has 2 heteroatoms. The Labute approximate surface area is 371 Å². The van der Waals surface area contributed by atoms with Crippen LogP contribution < -0.4 is 0 Å². The average molecular weight is 813 g/mol. The summed E-state index contributed by atoms with van der Waals surface area (Å²) in [4.78, 5) is 0. The van der Waals surface area contributed by atoms with Gasteiger partial charge in [0.2, 0.25) is 0 Å². The van der Waals surface area contributed by atoms with Gasteiger partial charge in [0.1, 0.15) is 0 Å². The van der Waals surface area contributed by atoms with Gasteiger partial charge in [-0.1, -0.05) is 170 Å². The second kappa shape index (κ2) is 14.6. The van der Waals surface area contributed by atoms with Crippen molar-refractivity contribution in [3.63, 3.8) is 0 Å². The summed E-state index contributed by atoms with van der Waals surface area (Å²) in [5.41, 5.74) is 16.8. The van der Waals surface area contributed by atoms with Crippen LogP contribution in [-0.2, 0) is 0 Å². The molecule has 0 aliphatic rings. The van der Waals surface area contributed by atoms with E-state index in [1.54, 1.807) is 0 Å². The molecule has 0 aliphatic heterocycles. The molecule has 298 valence electrons. The zero-order valence-electron chi connectivity index (χ0n) is 35.0. The number of para-hydroxylation sites is 4. The third kappa shape index (κ3) is 5.66. The average Bonchev–Trinajstić information content (AvgIpc) is 3.88. The van der Waals surface area contributed by atoms with E-state index in [4.69, 9.17) is 0 Å². The first kappa shape index (κ1) is 36.2. The van der Waals surface area contributed by atoms with Gasteiger partial charge in [0.25, 0.3) is 0 Å². The molecule has 0 unspecified atom stereocenters. The molecule has 0 amide bonds. The summed E-state index contributed by atoms with van der Waals surface area (Å²) in [5.74, 6) is 0. The quantitative estimate of drug-likeness (QED) is 0.148. The van der Waals surface area contributed by atoms with Crippen LogP contribution in [-0.4, -0.2) is 9.13 Å². The van der Waals surface area contributed by atoms with Crippen LogP contribution in [0.15, 0.2) is 243 Å². The maximum absolute atomic E-state index is 2.47. The summed E-state index contributed by atoms with van der Waals surface area (Å²) in [6.07, 6.45) is 0. The molecule has 0 aliphatic carbocycles. The van der Waals surface area contributed by atoms with Crippen LogP contribution in [0, 0.1) is 0 Å². The molecule has 13 rings (SSSR count). The van der Waals surface area contributed by atoms with Crippen LogP contribution in [0.5, 0.6) is 0 Å². The van der Waals surface area contributed by atoms with E-state index < -0.39 is 0 Å². The molecular formula is C62H40N2. The highest BCUT2D eigenvalue weighted by Crippen LogP contribution is 2.45. The predicted octanol–water partition coefficient (Wildman–Crippen LogP) is 16.9. The predicted molar refractivity (Wildman–Crippen MR) is 272 cm³/mol. The van der Waals surface area contributed by atoms with Gasteiger partial charge in [-0.3, -0.25) is 0 Å². The van der Waals surface area contributed by atoms with E-state index in [2.05, 4.69) is 252 Å². The smallest absolute Gasteiger partial charge is 0.0541 e. The standard InChI is InChI=1S/C62H40N2/c1-4-17-41(18-5-1)42-19-14-20-45(37-42)62-52-29-15-27-48(43-33-35-60-56(38-43)50-25-10-12-31-58(50)63(60)46-21-6-2-7-22-46)54(52)40-55-49(28-16-30-53(55)62)44-34-36-61-57(39-44)51-26-11-13-32-59(51)64(61)47-23-8-3-9-24-47/h1-40H. The number of aromatic nitrogens is 2. The first-order chi connectivity index (χ1) is 31.8. The van der Waals surface area contributed by atoms with Crippen molar-refractivity contribution in [2.24, 2.45) is 0 Å². The van der Waals surface area contributed by atoms with E-state index >= 15 is 0 Å². The fourth-order valence-corrected chi connectivity index (χ4v) is 10.5. The molecule has 0 saturated heterocycles. The van der Waals surface area contributed by atoms with Gasteiger partial charge in [-0.2, -0.15) is 0 Å². The second-order valence-electron chi connectivity index (χ2n) is 16.8. The van der Waals surface area contributed by atoms with Crippen molar-refractivity contribution in [1.82, 2.24) is 9.13 Å². The lowest BCUT2D eigenvalue weighted by molar-refractivity contribution is 1.18. The largest absolute Gasteiger partial charge is 0.309 e. The van der Waals surface area contributed by atoms with Gasteiger partial charge in [-0.15, -0.1) is 0 Å². The summed E-state index contributed by atoms with van der Waals surface area (Å²) in [7, 11) is 0. The van der Waals surface area contributed by atoms with Crippen molar-refractivity contribution in [2.75, 3.05) is 0 Å². The fraction of sp³-hybridized carbons (Fsp3) is 0. The van der Waals surface area contributed by atoms with Crippen molar-refractivity contribution in [1.29, 1.82) is 0 Å². The Morgan fingerprint density at radius 1 is 0.203 bits per heavy atom. The SMILES string of the molecule is c1ccc(-c2cccc(-c3c4cccc(-c5ccc6c(c5)c5ccccc5n6-c5ccccc5)c4cc4c(-c5ccc6c(c5)c5ccccc5n6-c5ccccc5)cccc34)c2)cc1. The normalized spacial score (nSPS) is 11.8. The van der Waals surface area contributed by atoms with E-state index in [-0.39, 0.29) is 0 Å². The maximum Gasteiger partial charge on any atom is 0.0541 e. The Morgan fingerprint density at radius 2 is 0.609 bits per heavy atom. The molecule has 0 atom stereocenters. The molecule has 0 radical (unpaired) electrons. The lowest BCUT2D eigenvalue weighted by Crippen LogP contribution is -1.93. The number of hydrogen-bond donors (Lipinski definition) is 0. The molecule has 64 heavy (non-hydrogen) atoms. The molecule has 2 nitrogen and oxygen atoms in total. The summed E-state index contributed by atoms with van der Waals surface area (Å²) in [5, 5.41) is 9.92. The van der Waals surface area contributed by atoms with Crippen LogP contribution in [0.4, 0.5) is 0 Å². The number of rotatable bonds is 6. The highest BCUT2D eigenvalue weighted by molar-refractivity contribution is 6.20. The van der Waals surface area contributed by atoms with Crippen LogP contribution >= 0.6 is 0 Å². The lowest BCUT2D eigenvalue weighted by atomic mass is 9.85. The molecule has 2 aromatic heterocycles. The van der Waals surface area contributed by atoms with Gasteiger partial charge < -0.3 is 9.13 Å². The van der Waals surface area contributed by atoms with Gasteiger partial charge in [-0.05, 0) is 139 Å². The molecule has 2 heterocycles. The topological polar surface area (TPSA) is 9.86 Å². The van der Waals surface area contributed by atoms with Gasteiger partial charge in [0.15, 0.2) is 0 Å². The first-order valence-electron chi connectivity index (χ1n) is 22.1. The van der Waals surface area contributed by atoms with Gasteiger partial charge >= 0.3 is 0 Å². The van der Waals surface area contributed by atoms with Gasteiger partial charge in [-0.25, -0.2) is 0 Å². The van der Waals surface area contributed by atoms with E-state index in [0.717, 1.165) is 11.4 Å². The zero-order valence-corrected chi connectivity index (χ0v) is 35.0. The van der Waals surface area contributed by atoms with E-state index in [9.17, 15) is 0 Å². The van der Waals surface area contributed by atoms with E-state index in [1.807, 2.05) is 0 Å². The first-order valence-corrected chi connectivity index (χ1v) is 22.1. The number of fused-ring (bicyclic) bond motifs is 8. The van der Waals surface area contributed by atoms with Crippen LogP contribution in [0.3, 0.4) is 0 Å². The summed E-state index contributed by atoms with van der Waals surface area (Å²) < 4.78 is 4.78. The molecule has 11 aromatic carbocycles. The summed E-state index contributed by atoms with van der Waals surface area (Å²) in [6, 6.07) is 89.1. The third-order valence-electron chi connectivity index (χ3n) is 13.3. The number of benzene rings is 11. The van der Waals surface area contributed by atoms with Gasteiger partial charge in [0, 0.05) is 32.9 Å². The Kier molecular flexibility index (Phi) is 8.25. The van der Waals surface area contributed by atoms with Crippen molar-refractivity contribution in [2.45, 2.75) is 0 Å². The van der Waals surface area contributed by atoms with Crippen molar-refractivity contribution in [3.8, 4) is 55.9 Å². The van der Waals surface area contributed by atoms with Crippen molar-refractivity contribution >= 4 is 65.2 Å². The third-order valence-corrected chi connectivity index (χ3v) is 13.3. The minimum atomic E-state index is 1.16. The van der Waals surface area contributed by atoms with Crippen molar-refractivity contribution in [3.05, 3.63) is 243 Å². The Morgan fingerprint density at radius 3 is 1.14 bits per heavy atom. The number of hydrogen-bond acceptors (Lipinski definition) is 0. The Balaban J connectivity index is 1.08. The lowest BCUT2D eigenvalue weighted by Gasteiger charge is -2.18.